The van der Waals surface area contributed by atoms with Crippen molar-refractivity contribution in [3.63, 3.8) is 0 Å². The number of halogens is 1. The van der Waals surface area contributed by atoms with Crippen LogP contribution >= 0.6 is 7.67 Å². The van der Waals surface area contributed by atoms with Crippen molar-refractivity contribution in [1.82, 2.24) is 18.9 Å². The van der Waals surface area contributed by atoms with Gasteiger partial charge < -0.3 is 10.1 Å². The third-order valence-electron chi connectivity index (χ3n) is 4.62. The summed E-state index contributed by atoms with van der Waals surface area (Å²) in [6, 6.07) is 1.88. The smallest absolute Gasteiger partial charge is 0.358 e. The van der Waals surface area contributed by atoms with Gasteiger partial charge >= 0.3 is 13.5 Å². The number of hydrogen-bond donors (Lipinski definition) is 0. The lowest BCUT2D eigenvalue weighted by atomic mass is 10.1. The number of hydrogen-bond acceptors (Lipinski definition) is 7. The van der Waals surface area contributed by atoms with Crippen LogP contribution in [-0.4, -0.2) is 54.9 Å². The van der Waals surface area contributed by atoms with Crippen LogP contribution in [0.15, 0.2) is 24.7 Å². The van der Waals surface area contributed by atoms with E-state index in [1.165, 1.54) is 13.0 Å². The Labute approximate surface area is 163 Å². The number of nitro benzene ring substituents is 1. The second-order valence-corrected chi connectivity index (χ2v) is 8.98. The molecule has 2 aliphatic rings. The first-order valence-corrected chi connectivity index (χ1v) is 10.2. The molecule has 12 nitrogen and oxygen atoms in total. The fourth-order valence-electron chi connectivity index (χ4n) is 2.94. The average Bonchev–Trinajstić information content (AvgIpc) is 3.57. The van der Waals surface area contributed by atoms with Crippen LogP contribution < -0.4 is 0 Å². The van der Waals surface area contributed by atoms with E-state index in [9.17, 15) is 29.2 Å². The van der Waals surface area contributed by atoms with Gasteiger partial charge in [-0.05, 0) is 22.9 Å². The third-order valence-corrected chi connectivity index (χ3v) is 7.44. The highest BCUT2D eigenvalue weighted by Crippen LogP contribution is 2.63. The van der Waals surface area contributed by atoms with Crippen molar-refractivity contribution in [3.8, 4) is 5.69 Å². The van der Waals surface area contributed by atoms with Gasteiger partial charge in [0.05, 0.1) is 17.1 Å². The summed E-state index contributed by atoms with van der Waals surface area (Å²) < 4.78 is 38.0. The largest absolute Gasteiger partial charge is 0.381 e. The molecule has 2 saturated heterocycles. The van der Waals surface area contributed by atoms with Gasteiger partial charge in [0.25, 0.3) is 5.69 Å². The molecule has 2 aromatic rings. The maximum absolute atomic E-state index is 14.7. The lowest BCUT2D eigenvalue weighted by Crippen LogP contribution is -2.12. The van der Waals surface area contributed by atoms with Gasteiger partial charge in [-0.25, -0.2) is 13.7 Å². The molecule has 0 radical (unpaired) electrons. The maximum Gasteiger partial charge on any atom is 0.381 e. The number of nitrogens with zero attached hydrogens (tertiary/aromatic N) is 6. The summed E-state index contributed by atoms with van der Waals surface area (Å²) in [4.78, 5) is 24.3. The molecule has 1 aromatic heterocycles. The van der Waals surface area contributed by atoms with Gasteiger partial charge in [-0.3, -0.25) is 23.8 Å². The van der Waals surface area contributed by atoms with Crippen molar-refractivity contribution in [3.05, 3.63) is 56.3 Å². The SMILES string of the molecule is CC(OP(=O)(N1CC1)N1CC1)c1cc(-n2cnc([N+](=O)[O-])c2)c([N+](=O)[O-])cc1F. The minimum Gasteiger partial charge on any atom is -0.358 e. The Hall–Kier alpha value is -2.73. The van der Waals surface area contributed by atoms with Gasteiger partial charge in [-0.2, -0.15) is 0 Å². The van der Waals surface area contributed by atoms with Crippen molar-refractivity contribution >= 4 is 19.2 Å². The Bertz CT molecular complexity index is 1040. The molecule has 29 heavy (non-hydrogen) atoms. The Morgan fingerprint density at radius 2 is 1.79 bits per heavy atom. The van der Waals surface area contributed by atoms with Crippen molar-refractivity contribution in [2.24, 2.45) is 0 Å². The summed E-state index contributed by atoms with van der Waals surface area (Å²) in [7, 11) is -3.25. The molecular weight excluding hydrogens is 410 g/mol. The zero-order valence-electron chi connectivity index (χ0n) is 15.2. The van der Waals surface area contributed by atoms with Crippen LogP contribution in [0.2, 0.25) is 0 Å². The quantitative estimate of drug-likeness (QED) is 0.270. The van der Waals surface area contributed by atoms with E-state index in [2.05, 4.69) is 4.98 Å². The van der Waals surface area contributed by atoms with Crippen LogP contribution in [0, 0.1) is 26.0 Å². The number of nitro groups is 2. The van der Waals surface area contributed by atoms with Crippen LogP contribution in [0.5, 0.6) is 0 Å². The van der Waals surface area contributed by atoms with Crippen LogP contribution in [0.4, 0.5) is 15.9 Å². The topological polar surface area (TPSA) is 136 Å². The molecular formula is C15H16FN6O6P. The van der Waals surface area contributed by atoms with Crippen LogP contribution in [0.3, 0.4) is 0 Å². The normalized spacial score (nSPS) is 17.9. The molecule has 4 rings (SSSR count). The van der Waals surface area contributed by atoms with Crippen LogP contribution in [-0.2, 0) is 9.09 Å². The fraction of sp³-hybridized carbons (Fsp3) is 0.400. The molecule has 0 aliphatic carbocycles. The zero-order chi connectivity index (χ0) is 20.9. The van der Waals surface area contributed by atoms with Crippen molar-refractivity contribution in [1.29, 1.82) is 0 Å². The molecule has 0 amide bonds. The molecule has 0 saturated carbocycles. The van der Waals surface area contributed by atoms with E-state index >= 15 is 0 Å². The Kier molecular flexibility index (Phi) is 4.69. The first kappa shape index (κ1) is 19.6. The molecule has 1 aromatic carbocycles. The molecule has 1 unspecified atom stereocenters. The maximum atomic E-state index is 14.7. The molecule has 0 spiro atoms. The van der Waals surface area contributed by atoms with Gasteiger partial charge in [0.2, 0.25) is 6.33 Å². The van der Waals surface area contributed by atoms with Gasteiger partial charge in [0.1, 0.15) is 17.7 Å². The van der Waals surface area contributed by atoms with E-state index in [1.807, 2.05) is 0 Å². The Morgan fingerprint density at radius 3 is 2.28 bits per heavy atom. The van der Waals surface area contributed by atoms with Crippen molar-refractivity contribution in [2.45, 2.75) is 13.0 Å². The Morgan fingerprint density at radius 1 is 1.17 bits per heavy atom. The standard InChI is InChI=1S/C15H16FN6O6P/c1-10(28-29(27,19-2-3-19)20-4-5-20)11-6-13(14(21(23)24)7-12(11)16)18-8-15(17-9-18)22(25)26/h6-10H,2-5H2,1H3. The second kappa shape index (κ2) is 6.95. The first-order chi connectivity index (χ1) is 13.7. The molecule has 2 aliphatic heterocycles. The molecule has 14 heteroatoms. The molecule has 1 atom stereocenters. The first-order valence-electron chi connectivity index (χ1n) is 8.66. The van der Waals surface area contributed by atoms with E-state index in [0.29, 0.717) is 26.2 Å². The van der Waals surface area contributed by atoms with Gasteiger partial charge in [-0.15, -0.1) is 0 Å². The minimum absolute atomic E-state index is 0.0501. The number of aromatic nitrogens is 2. The predicted molar refractivity (Wildman–Crippen MR) is 97.1 cm³/mol. The summed E-state index contributed by atoms with van der Waals surface area (Å²) in [5.41, 5.74) is -0.757. The van der Waals surface area contributed by atoms with Crippen molar-refractivity contribution in [2.75, 3.05) is 26.2 Å². The predicted octanol–water partition coefficient (Wildman–Crippen LogP) is 2.64. The summed E-state index contributed by atoms with van der Waals surface area (Å²) in [6.45, 7) is 3.98. The lowest BCUT2D eigenvalue weighted by Gasteiger charge is -2.24. The fourth-order valence-corrected chi connectivity index (χ4v) is 5.28. The van der Waals surface area contributed by atoms with E-state index in [1.54, 1.807) is 9.34 Å². The van der Waals surface area contributed by atoms with E-state index in [0.717, 1.165) is 23.2 Å². The number of rotatable bonds is 8. The highest BCUT2D eigenvalue weighted by atomic mass is 31.2. The summed E-state index contributed by atoms with van der Waals surface area (Å²) in [5, 5.41) is 22.2. The van der Waals surface area contributed by atoms with Crippen LogP contribution in [0.1, 0.15) is 18.6 Å². The number of benzene rings is 1. The Balaban J connectivity index is 1.72. The highest BCUT2D eigenvalue weighted by Gasteiger charge is 2.50. The molecule has 3 heterocycles. The zero-order valence-corrected chi connectivity index (χ0v) is 16.1. The lowest BCUT2D eigenvalue weighted by molar-refractivity contribution is -0.389. The molecule has 0 N–H and O–H groups in total. The molecule has 0 bridgehead atoms. The highest BCUT2D eigenvalue weighted by molar-refractivity contribution is 7.54. The third kappa shape index (κ3) is 3.65. The van der Waals surface area contributed by atoms with Gasteiger partial charge in [0.15, 0.2) is 0 Å². The second-order valence-electron chi connectivity index (χ2n) is 6.66. The van der Waals surface area contributed by atoms with E-state index < -0.39 is 40.9 Å². The summed E-state index contributed by atoms with van der Waals surface area (Å²) in [5.74, 6) is -1.41. The van der Waals surface area contributed by atoms with Gasteiger partial charge in [0, 0.05) is 31.7 Å². The monoisotopic (exact) mass is 426 g/mol. The molecule has 154 valence electrons. The van der Waals surface area contributed by atoms with E-state index in [-0.39, 0.29) is 11.3 Å². The summed E-state index contributed by atoms with van der Waals surface area (Å²) >= 11 is 0. The summed E-state index contributed by atoms with van der Waals surface area (Å²) in [6.07, 6.45) is 1.05. The van der Waals surface area contributed by atoms with E-state index in [4.69, 9.17) is 4.52 Å². The van der Waals surface area contributed by atoms with Crippen molar-refractivity contribution < 1.29 is 23.3 Å². The van der Waals surface area contributed by atoms with Crippen LogP contribution in [0.25, 0.3) is 5.69 Å². The average molecular weight is 426 g/mol. The molecule has 2 fully saturated rings. The minimum atomic E-state index is -3.25. The number of imidazole rings is 1. The van der Waals surface area contributed by atoms with Gasteiger partial charge in [-0.1, -0.05) is 0 Å².